The normalized spacial score (nSPS) is 12.4. The Morgan fingerprint density at radius 2 is 1.15 bits per heavy atom. The predicted molar refractivity (Wildman–Crippen MR) is 177 cm³/mol. The van der Waals surface area contributed by atoms with E-state index in [0.29, 0.717) is 0 Å². The van der Waals surface area contributed by atoms with E-state index in [1.807, 2.05) is 11.3 Å². The Balaban J connectivity index is 1.59. The van der Waals surface area contributed by atoms with Gasteiger partial charge in [0.1, 0.15) is 0 Å². The van der Waals surface area contributed by atoms with E-state index in [4.69, 9.17) is 0 Å². The van der Waals surface area contributed by atoms with E-state index in [1.54, 1.807) is 0 Å². The highest BCUT2D eigenvalue weighted by atomic mass is 32.1. The molecule has 10 rings (SSSR count). The summed E-state index contributed by atoms with van der Waals surface area (Å²) in [6, 6.07) is 46.7. The first-order valence-electron chi connectivity index (χ1n) is 14.0. The maximum absolute atomic E-state index is 2.47. The number of aromatic nitrogens is 2. The molecule has 0 aliphatic rings. The Morgan fingerprint density at radius 1 is 0.415 bits per heavy atom. The van der Waals surface area contributed by atoms with Crippen LogP contribution in [0.1, 0.15) is 0 Å². The van der Waals surface area contributed by atoms with E-state index >= 15 is 0 Å². The fourth-order valence-corrected chi connectivity index (χ4v) is 8.35. The fraction of sp³-hybridized carbons (Fsp3) is 0. The summed E-state index contributed by atoms with van der Waals surface area (Å²) in [6.45, 7) is 0. The lowest BCUT2D eigenvalue weighted by molar-refractivity contribution is 1.18. The van der Waals surface area contributed by atoms with Gasteiger partial charge in [0.05, 0.1) is 22.1 Å². The van der Waals surface area contributed by atoms with Crippen molar-refractivity contribution in [3.63, 3.8) is 0 Å². The Labute approximate surface area is 238 Å². The van der Waals surface area contributed by atoms with E-state index in [0.717, 1.165) is 0 Å². The molecule has 4 heterocycles. The van der Waals surface area contributed by atoms with Gasteiger partial charge < -0.3 is 8.97 Å². The molecule has 0 aliphatic carbocycles. The van der Waals surface area contributed by atoms with E-state index < -0.39 is 0 Å². The van der Waals surface area contributed by atoms with Crippen LogP contribution < -0.4 is 0 Å². The number of rotatable bonds is 1. The molecule has 0 saturated carbocycles. The Morgan fingerprint density at radius 3 is 2.05 bits per heavy atom. The lowest BCUT2D eigenvalue weighted by Crippen LogP contribution is -1.96. The number of benzene rings is 6. The average molecular weight is 539 g/mol. The minimum Gasteiger partial charge on any atom is -0.315 e. The van der Waals surface area contributed by atoms with Crippen molar-refractivity contribution in [3.8, 4) is 5.69 Å². The topological polar surface area (TPSA) is 9.34 Å². The molecule has 0 fully saturated rings. The van der Waals surface area contributed by atoms with Crippen molar-refractivity contribution >= 4 is 91.3 Å². The summed E-state index contributed by atoms with van der Waals surface area (Å²) in [5, 5.41) is 11.8. The Hall–Kier alpha value is -5.12. The van der Waals surface area contributed by atoms with Crippen molar-refractivity contribution in [2.75, 3.05) is 0 Å². The fourth-order valence-electron chi connectivity index (χ4n) is 7.23. The van der Waals surface area contributed by atoms with Gasteiger partial charge in [0.2, 0.25) is 0 Å². The molecule has 0 saturated heterocycles. The van der Waals surface area contributed by atoms with Crippen molar-refractivity contribution < 1.29 is 0 Å². The SMILES string of the molecule is c1ccc(-n2c3ccccc3c3ccc4c(c5ccc6sc7ccccc7c6c5c5c6ccccc6cn45)c32)cc1. The highest BCUT2D eigenvalue weighted by Crippen LogP contribution is 2.47. The van der Waals surface area contributed by atoms with Gasteiger partial charge in [-0.3, -0.25) is 0 Å². The summed E-state index contributed by atoms with van der Waals surface area (Å²) in [4.78, 5) is 0. The van der Waals surface area contributed by atoms with Crippen molar-refractivity contribution in [2.24, 2.45) is 0 Å². The van der Waals surface area contributed by atoms with Gasteiger partial charge in [0.15, 0.2) is 0 Å². The van der Waals surface area contributed by atoms with Crippen molar-refractivity contribution in [1.82, 2.24) is 8.97 Å². The van der Waals surface area contributed by atoms with Gasteiger partial charge in [-0.1, -0.05) is 91.0 Å². The average Bonchev–Trinajstić information content (AvgIpc) is 3.71. The zero-order valence-corrected chi connectivity index (χ0v) is 22.8. The molecular weight excluding hydrogens is 516 g/mol. The summed E-state index contributed by atoms with van der Waals surface area (Å²) in [6.07, 6.45) is 2.33. The summed E-state index contributed by atoms with van der Waals surface area (Å²) >= 11 is 1.89. The third-order valence-electron chi connectivity index (χ3n) is 8.86. The second-order valence-corrected chi connectivity index (χ2v) is 12.0. The number of fused-ring (bicyclic) bond motifs is 16. The first-order valence-corrected chi connectivity index (χ1v) is 14.9. The third-order valence-corrected chi connectivity index (χ3v) is 10.00. The zero-order chi connectivity index (χ0) is 26.7. The van der Waals surface area contributed by atoms with Crippen LogP contribution in [-0.4, -0.2) is 8.97 Å². The van der Waals surface area contributed by atoms with Gasteiger partial charge in [-0.15, -0.1) is 11.3 Å². The van der Waals surface area contributed by atoms with Crippen LogP contribution >= 0.6 is 11.3 Å². The van der Waals surface area contributed by atoms with Crippen LogP contribution in [-0.2, 0) is 0 Å². The van der Waals surface area contributed by atoms with Gasteiger partial charge in [0, 0.05) is 64.4 Å². The van der Waals surface area contributed by atoms with Crippen LogP contribution in [0.15, 0.2) is 134 Å². The minimum atomic E-state index is 1.18. The van der Waals surface area contributed by atoms with Crippen LogP contribution in [0.5, 0.6) is 0 Å². The molecule has 0 aliphatic heterocycles. The molecule has 0 amide bonds. The molecule has 4 aromatic heterocycles. The maximum atomic E-state index is 2.47. The van der Waals surface area contributed by atoms with Gasteiger partial charge >= 0.3 is 0 Å². The molecule has 6 aromatic carbocycles. The van der Waals surface area contributed by atoms with E-state index in [9.17, 15) is 0 Å². The number of para-hydroxylation sites is 2. The highest BCUT2D eigenvalue weighted by Gasteiger charge is 2.22. The molecule has 0 unspecified atom stereocenters. The van der Waals surface area contributed by atoms with Crippen LogP contribution in [0.2, 0.25) is 0 Å². The van der Waals surface area contributed by atoms with Gasteiger partial charge in [-0.2, -0.15) is 0 Å². The molecule has 2 nitrogen and oxygen atoms in total. The molecule has 3 heteroatoms. The molecule has 0 spiro atoms. The number of thiophene rings is 1. The molecule has 0 bridgehead atoms. The molecule has 41 heavy (non-hydrogen) atoms. The summed E-state index contributed by atoms with van der Waals surface area (Å²) < 4.78 is 7.60. The van der Waals surface area contributed by atoms with E-state index in [2.05, 4.69) is 143 Å². The lowest BCUT2D eigenvalue weighted by Gasteiger charge is -2.15. The van der Waals surface area contributed by atoms with Crippen molar-refractivity contribution in [2.45, 2.75) is 0 Å². The molecule has 0 N–H and O–H groups in total. The van der Waals surface area contributed by atoms with E-state index in [1.165, 1.54) is 85.6 Å². The second-order valence-electron chi connectivity index (χ2n) is 10.9. The standard InChI is InChI=1S/C38H22N2S/c1-2-11-24(12-3-1)40-30-16-8-6-14-26(30)27-18-20-31-34(38(27)40)29-19-21-33-35(28-15-7-9-17-32(28)41-33)36(29)37-25-13-5-4-10-23(25)22-39(31)37/h1-22H. The number of hydrogen-bond acceptors (Lipinski definition) is 1. The van der Waals surface area contributed by atoms with Crippen LogP contribution in [0.25, 0.3) is 85.6 Å². The zero-order valence-electron chi connectivity index (χ0n) is 22.0. The maximum Gasteiger partial charge on any atom is 0.0640 e. The summed E-state index contributed by atoms with van der Waals surface area (Å²) in [7, 11) is 0. The quantitative estimate of drug-likeness (QED) is 0.184. The summed E-state index contributed by atoms with van der Waals surface area (Å²) in [5.41, 5.74) is 6.20. The molecule has 10 aromatic rings. The molecule has 0 atom stereocenters. The highest BCUT2D eigenvalue weighted by molar-refractivity contribution is 7.26. The lowest BCUT2D eigenvalue weighted by atomic mass is 9.97. The van der Waals surface area contributed by atoms with Gasteiger partial charge in [-0.25, -0.2) is 0 Å². The van der Waals surface area contributed by atoms with Crippen molar-refractivity contribution in [1.29, 1.82) is 0 Å². The van der Waals surface area contributed by atoms with Crippen molar-refractivity contribution in [3.05, 3.63) is 134 Å². The van der Waals surface area contributed by atoms with Gasteiger partial charge in [0.25, 0.3) is 0 Å². The predicted octanol–water partition coefficient (Wildman–Crippen LogP) is 10.9. The molecule has 0 radical (unpaired) electrons. The molecular formula is C38H22N2S. The van der Waals surface area contributed by atoms with E-state index in [-0.39, 0.29) is 0 Å². The summed E-state index contributed by atoms with van der Waals surface area (Å²) in [5.74, 6) is 0. The minimum absolute atomic E-state index is 1.18. The molecule has 190 valence electrons. The Kier molecular flexibility index (Phi) is 4.10. The third kappa shape index (κ3) is 2.71. The van der Waals surface area contributed by atoms with Crippen LogP contribution in [0.4, 0.5) is 0 Å². The van der Waals surface area contributed by atoms with Crippen LogP contribution in [0.3, 0.4) is 0 Å². The number of pyridine rings is 1. The second kappa shape index (κ2) is 7.75. The first-order chi connectivity index (χ1) is 20.4. The monoisotopic (exact) mass is 538 g/mol. The smallest absolute Gasteiger partial charge is 0.0640 e. The number of hydrogen-bond donors (Lipinski definition) is 0. The first kappa shape index (κ1) is 21.7. The largest absolute Gasteiger partial charge is 0.315 e. The number of nitrogens with zero attached hydrogens (tertiary/aromatic N) is 2. The van der Waals surface area contributed by atoms with Gasteiger partial charge in [-0.05, 0) is 41.8 Å². The Bertz CT molecular complexity index is 2690. The van der Waals surface area contributed by atoms with Crippen LogP contribution in [0, 0.1) is 0 Å².